The Morgan fingerprint density at radius 3 is 2.64 bits per heavy atom. The van der Waals surface area contributed by atoms with Crippen LogP contribution in [0.1, 0.15) is 39.5 Å². The molecule has 1 unspecified atom stereocenters. The zero-order valence-electron chi connectivity index (χ0n) is 9.21. The van der Waals surface area contributed by atoms with Crippen molar-refractivity contribution in [2.24, 2.45) is 11.7 Å². The van der Waals surface area contributed by atoms with Gasteiger partial charge in [0, 0.05) is 0 Å². The summed E-state index contributed by atoms with van der Waals surface area (Å²) in [6.45, 7) is 8.48. The van der Waals surface area contributed by atoms with Gasteiger partial charge in [-0.1, -0.05) is 18.9 Å². The minimum absolute atomic E-state index is 0.434. The van der Waals surface area contributed by atoms with Gasteiger partial charge in [0.25, 0.3) is 0 Å². The van der Waals surface area contributed by atoms with E-state index in [0.717, 1.165) is 25.7 Å². The van der Waals surface area contributed by atoms with Crippen LogP contribution in [0.2, 0.25) is 0 Å². The van der Waals surface area contributed by atoms with E-state index in [9.17, 15) is 4.79 Å². The molecular formula is C11H21NO2. The average molecular weight is 199 g/mol. The maximum absolute atomic E-state index is 10.3. The number of ether oxygens (including phenoxy) is 1. The van der Waals surface area contributed by atoms with E-state index in [1.807, 2.05) is 6.92 Å². The fourth-order valence-electron chi connectivity index (χ4n) is 1.26. The monoisotopic (exact) mass is 199 g/mol. The number of amides is 1. The van der Waals surface area contributed by atoms with Crippen LogP contribution in [0.5, 0.6) is 0 Å². The third-order valence-electron chi connectivity index (χ3n) is 2.16. The van der Waals surface area contributed by atoms with Gasteiger partial charge in [0.2, 0.25) is 0 Å². The first kappa shape index (κ1) is 13.0. The Bertz CT molecular complexity index is 170. The van der Waals surface area contributed by atoms with Gasteiger partial charge in [0.15, 0.2) is 0 Å². The van der Waals surface area contributed by atoms with E-state index in [4.69, 9.17) is 5.73 Å². The lowest BCUT2D eigenvalue weighted by Crippen LogP contribution is -2.15. The molecule has 0 fully saturated rings. The minimum atomic E-state index is -0.681. The molecule has 14 heavy (non-hydrogen) atoms. The Morgan fingerprint density at radius 2 is 2.14 bits per heavy atom. The summed E-state index contributed by atoms with van der Waals surface area (Å²) in [5, 5.41) is 0. The maximum Gasteiger partial charge on any atom is 0.404 e. The molecule has 2 N–H and O–H groups in total. The van der Waals surface area contributed by atoms with E-state index in [1.165, 1.54) is 5.57 Å². The standard InChI is InChI=1S/C11H21NO2/c1-9(2)5-4-6-10(3)7-8-14-11(12)13/h10H,1,4-8H2,2-3H3,(H2,12,13). The lowest BCUT2D eigenvalue weighted by atomic mass is 9.99. The van der Waals surface area contributed by atoms with E-state index < -0.39 is 6.09 Å². The van der Waals surface area contributed by atoms with Crippen molar-refractivity contribution in [3.05, 3.63) is 12.2 Å². The number of carbonyl (C=O) groups excluding carboxylic acids is 1. The average Bonchev–Trinajstić information content (AvgIpc) is 2.02. The van der Waals surface area contributed by atoms with Crippen molar-refractivity contribution in [3.8, 4) is 0 Å². The van der Waals surface area contributed by atoms with Gasteiger partial charge in [-0.05, 0) is 32.1 Å². The molecule has 0 heterocycles. The quantitative estimate of drug-likeness (QED) is 0.641. The summed E-state index contributed by atoms with van der Waals surface area (Å²) in [4.78, 5) is 10.3. The Balaban J connectivity index is 3.32. The number of rotatable bonds is 7. The smallest absolute Gasteiger partial charge is 0.404 e. The van der Waals surface area contributed by atoms with Crippen LogP contribution in [0.3, 0.4) is 0 Å². The lowest BCUT2D eigenvalue weighted by molar-refractivity contribution is 0.149. The summed E-state index contributed by atoms with van der Waals surface area (Å²) in [7, 11) is 0. The molecule has 0 aliphatic carbocycles. The largest absolute Gasteiger partial charge is 0.450 e. The number of nitrogens with two attached hydrogens (primary N) is 1. The Kier molecular flexibility index (Phi) is 6.89. The highest BCUT2D eigenvalue weighted by Gasteiger charge is 2.03. The molecule has 0 spiro atoms. The van der Waals surface area contributed by atoms with Gasteiger partial charge in [0.05, 0.1) is 6.61 Å². The fourth-order valence-corrected chi connectivity index (χ4v) is 1.26. The van der Waals surface area contributed by atoms with Gasteiger partial charge in [-0.2, -0.15) is 0 Å². The van der Waals surface area contributed by atoms with Crippen LogP contribution < -0.4 is 5.73 Å². The van der Waals surface area contributed by atoms with Crippen LogP contribution in [0.4, 0.5) is 4.79 Å². The zero-order valence-corrected chi connectivity index (χ0v) is 9.21. The van der Waals surface area contributed by atoms with E-state index in [-0.39, 0.29) is 0 Å². The molecule has 0 aromatic rings. The summed E-state index contributed by atoms with van der Waals surface area (Å²) in [5.74, 6) is 0.577. The van der Waals surface area contributed by atoms with Crippen molar-refractivity contribution in [1.82, 2.24) is 0 Å². The van der Waals surface area contributed by atoms with Gasteiger partial charge in [-0.15, -0.1) is 6.58 Å². The summed E-state index contributed by atoms with van der Waals surface area (Å²) in [6.07, 6.45) is 3.60. The van der Waals surface area contributed by atoms with Crippen LogP contribution >= 0.6 is 0 Å². The van der Waals surface area contributed by atoms with E-state index in [2.05, 4.69) is 18.2 Å². The highest BCUT2D eigenvalue weighted by Crippen LogP contribution is 2.14. The molecule has 0 saturated heterocycles. The number of carbonyl (C=O) groups is 1. The van der Waals surface area contributed by atoms with E-state index >= 15 is 0 Å². The predicted molar refractivity (Wildman–Crippen MR) is 58.0 cm³/mol. The molecule has 82 valence electrons. The molecule has 0 saturated carbocycles. The van der Waals surface area contributed by atoms with Crippen LogP contribution in [0, 0.1) is 5.92 Å². The highest BCUT2D eigenvalue weighted by molar-refractivity contribution is 5.64. The second-order valence-corrected chi connectivity index (χ2v) is 3.91. The van der Waals surface area contributed by atoms with Crippen LogP contribution in [0.15, 0.2) is 12.2 Å². The molecule has 0 bridgehead atoms. The third kappa shape index (κ3) is 9.10. The molecular weight excluding hydrogens is 178 g/mol. The highest BCUT2D eigenvalue weighted by atomic mass is 16.5. The normalized spacial score (nSPS) is 12.1. The van der Waals surface area contributed by atoms with Gasteiger partial charge >= 0.3 is 6.09 Å². The maximum atomic E-state index is 10.3. The van der Waals surface area contributed by atoms with Gasteiger partial charge in [-0.3, -0.25) is 0 Å². The van der Waals surface area contributed by atoms with Crippen molar-refractivity contribution >= 4 is 6.09 Å². The Labute approximate surface area is 86.3 Å². The second kappa shape index (κ2) is 7.42. The number of primary amides is 1. The van der Waals surface area contributed by atoms with Crippen LogP contribution in [-0.2, 0) is 4.74 Å². The molecule has 1 atom stereocenters. The van der Waals surface area contributed by atoms with Gasteiger partial charge in [-0.25, -0.2) is 4.79 Å². The van der Waals surface area contributed by atoms with E-state index in [1.54, 1.807) is 0 Å². The molecule has 0 aliphatic heterocycles. The summed E-state index contributed by atoms with van der Waals surface area (Å²) in [6, 6.07) is 0. The topological polar surface area (TPSA) is 52.3 Å². The van der Waals surface area contributed by atoms with Crippen molar-refractivity contribution in [2.45, 2.75) is 39.5 Å². The summed E-state index contributed by atoms with van der Waals surface area (Å²) >= 11 is 0. The minimum Gasteiger partial charge on any atom is -0.450 e. The summed E-state index contributed by atoms with van der Waals surface area (Å²) < 4.78 is 4.66. The van der Waals surface area contributed by atoms with Crippen molar-refractivity contribution in [1.29, 1.82) is 0 Å². The Morgan fingerprint density at radius 1 is 1.50 bits per heavy atom. The lowest BCUT2D eigenvalue weighted by Gasteiger charge is -2.10. The van der Waals surface area contributed by atoms with E-state index in [0.29, 0.717) is 12.5 Å². The zero-order chi connectivity index (χ0) is 11.0. The molecule has 3 nitrogen and oxygen atoms in total. The molecule has 1 amide bonds. The first-order valence-electron chi connectivity index (χ1n) is 5.09. The van der Waals surface area contributed by atoms with Crippen molar-refractivity contribution in [2.75, 3.05) is 6.61 Å². The summed E-state index contributed by atoms with van der Waals surface area (Å²) in [5.41, 5.74) is 6.07. The molecule has 0 radical (unpaired) electrons. The number of hydrogen-bond acceptors (Lipinski definition) is 2. The first-order chi connectivity index (χ1) is 6.52. The Hall–Kier alpha value is -0.990. The number of hydrogen-bond donors (Lipinski definition) is 1. The fraction of sp³-hybridized carbons (Fsp3) is 0.727. The van der Waals surface area contributed by atoms with Crippen molar-refractivity contribution < 1.29 is 9.53 Å². The molecule has 0 aromatic carbocycles. The third-order valence-corrected chi connectivity index (χ3v) is 2.16. The molecule has 0 rings (SSSR count). The number of allylic oxidation sites excluding steroid dienone is 1. The van der Waals surface area contributed by atoms with Crippen molar-refractivity contribution in [3.63, 3.8) is 0 Å². The first-order valence-corrected chi connectivity index (χ1v) is 5.09. The molecule has 0 aromatic heterocycles. The van der Waals surface area contributed by atoms with Crippen LogP contribution in [0.25, 0.3) is 0 Å². The predicted octanol–water partition coefficient (Wildman–Crippen LogP) is 2.85. The molecule has 3 heteroatoms. The van der Waals surface area contributed by atoms with Gasteiger partial charge < -0.3 is 10.5 Å². The second-order valence-electron chi connectivity index (χ2n) is 3.91. The van der Waals surface area contributed by atoms with Crippen LogP contribution in [-0.4, -0.2) is 12.7 Å². The molecule has 0 aliphatic rings. The SMILES string of the molecule is C=C(C)CCCC(C)CCOC(N)=O. The van der Waals surface area contributed by atoms with Gasteiger partial charge in [0.1, 0.15) is 0 Å².